The molecule has 0 aliphatic rings. The zero-order valence-electron chi connectivity index (χ0n) is 10.4. The number of anilines is 2. The highest BCUT2D eigenvalue weighted by molar-refractivity contribution is 7.17. The van der Waals surface area contributed by atoms with Crippen molar-refractivity contribution in [3.63, 3.8) is 0 Å². The van der Waals surface area contributed by atoms with Crippen LogP contribution in [0.3, 0.4) is 0 Å². The minimum atomic E-state index is -0.954. The quantitative estimate of drug-likeness (QED) is 0.782. The van der Waals surface area contributed by atoms with Gasteiger partial charge in [0.1, 0.15) is 10.6 Å². The fourth-order valence-corrected chi connectivity index (χ4v) is 2.56. The molecule has 0 aliphatic carbocycles. The molecule has 0 atom stereocenters. The van der Waals surface area contributed by atoms with Crippen molar-refractivity contribution in [1.82, 2.24) is 4.98 Å². The fourth-order valence-electron chi connectivity index (χ4n) is 1.69. The first-order chi connectivity index (χ1) is 9.10. The first-order valence-corrected chi connectivity index (χ1v) is 6.71. The molecule has 0 saturated heterocycles. The Morgan fingerprint density at radius 2 is 2.26 bits per heavy atom. The van der Waals surface area contributed by atoms with Crippen LogP contribution in [-0.2, 0) is 6.42 Å². The van der Waals surface area contributed by atoms with Gasteiger partial charge in [-0.25, -0.2) is 9.78 Å². The highest BCUT2D eigenvalue weighted by Gasteiger charge is 2.16. The van der Waals surface area contributed by atoms with Gasteiger partial charge in [0.05, 0.1) is 5.69 Å². The third-order valence-corrected chi connectivity index (χ3v) is 3.48. The number of nitrogens with zero attached hydrogens (tertiary/aromatic N) is 1. The molecular weight excluding hydrogens is 264 g/mol. The van der Waals surface area contributed by atoms with E-state index in [4.69, 9.17) is 5.11 Å². The number of phenolic OH excluding ortho intramolecular Hbond substituents is 1. The first-order valence-electron chi connectivity index (χ1n) is 5.89. The molecule has 2 aromatic rings. The van der Waals surface area contributed by atoms with Gasteiger partial charge in [-0.05, 0) is 18.6 Å². The molecule has 0 radical (unpaired) electrons. The normalized spacial score (nSPS) is 10.4. The van der Waals surface area contributed by atoms with Crippen molar-refractivity contribution in [2.24, 2.45) is 0 Å². The Kier molecular flexibility index (Phi) is 4.01. The second kappa shape index (κ2) is 5.71. The number of phenols is 1. The predicted octanol–water partition coefficient (Wildman–Crippen LogP) is 3.24. The van der Waals surface area contributed by atoms with E-state index in [0.717, 1.165) is 17.8 Å². The summed E-state index contributed by atoms with van der Waals surface area (Å²) in [7, 11) is 0. The van der Waals surface area contributed by atoms with E-state index in [9.17, 15) is 9.90 Å². The number of thiazole rings is 1. The number of aryl methyl sites for hydroxylation is 1. The number of nitrogens with one attached hydrogen (secondary N) is 1. The number of carboxylic acids is 1. The van der Waals surface area contributed by atoms with Crippen molar-refractivity contribution in [2.45, 2.75) is 19.8 Å². The molecule has 5 nitrogen and oxygen atoms in total. The van der Waals surface area contributed by atoms with Gasteiger partial charge < -0.3 is 15.5 Å². The molecule has 19 heavy (non-hydrogen) atoms. The topological polar surface area (TPSA) is 82.5 Å². The fraction of sp³-hybridized carbons (Fsp3) is 0.231. The summed E-state index contributed by atoms with van der Waals surface area (Å²) in [4.78, 5) is 15.7. The molecule has 0 aliphatic heterocycles. The summed E-state index contributed by atoms with van der Waals surface area (Å²) in [5.74, 6) is -0.807. The van der Waals surface area contributed by atoms with Crippen molar-refractivity contribution in [3.8, 4) is 5.75 Å². The number of carbonyl (C=O) groups is 1. The molecule has 0 amide bonds. The molecule has 3 N–H and O–H groups in total. The van der Waals surface area contributed by atoms with Gasteiger partial charge in [-0.1, -0.05) is 30.7 Å². The summed E-state index contributed by atoms with van der Waals surface area (Å²) in [6, 6.07) is 6.61. The van der Waals surface area contributed by atoms with Crippen LogP contribution in [0.4, 0.5) is 10.8 Å². The van der Waals surface area contributed by atoms with E-state index in [2.05, 4.69) is 10.3 Å². The highest BCUT2D eigenvalue weighted by atomic mass is 32.1. The number of hydrogen-bond donors (Lipinski definition) is 3. The van der Waals surface area contributed by atoms with Crippen LogP contribution in [0.2, 0.25) is 0 Å². The maximum absolute atomic E-state index is 11.1. The lowest BCUT2D eigenvalue weighted by Crippen LogP contribution is -1.98. The molecule has 0 saturated carbocycles. The van der Waals surface area contributed by atoms with Crippen LogP contribution in [0.5, 0.6) is 5.75 Å². The van der Waals surface area contributed by atoms with Gasteiger partial charge in [0.2, 0.25) is 0 Å². The van der Waals surface area contributed by atoms with E-state index >= 15 is 0 Å². The Bertz CT molecular complexity index is 595. The number of benzene rings is 1. The van der Waals surface area contributed by atoms with Crippen LogP contribution in [0.25, 0.3) is 0 Å². The third kappa shape index (κ3) is 3.23. The summed E-state index contributed by atoms with van der Waals surface area (Å²) in [5, 5.41) is 22.0. The molecular formula is C13H14N2O3S. The monoisotopic (exact) mass is 278 g/mol. The van der Waals surface area contributed by atoms with Gasteiger partial charge in [-0.3, -0.25) is 0 Å². The van der Waals surface area contributed by atoms with Gasteiger partial charge in [-0.15, -0.1) is 0 Å². The van der Waals surface area contributed by atoms with E-state index < -0.39 is 5.97 Å². The number of aromatic nitrogens is 1. The minimum Gasteiger partial charge on any atom is -0.508 e. The third-order valence-electron chi connectivity index (χ3n) is 2.48. The molecule has 0 spiro atoms. The van der Waals surface area contributed by atoms with Gasteiger partial charge in [-0.2, -0.15) is 0 Å². The average molecular weight is 278 g/mol. The SMILES string of the molecule is CCCc1nc(Nc2cccc(O)c2)sc1C(=O)O. The van der Waals surface area contributed by atoms with E-state index in [-0.39, 0.29) is 10.6 Å². The Morgan fingerprint density at radius 3 is 2.89 bits per heavy atom. The van der Waals surface area contributed by atoms with Crippen LogP contribution in [0.1, 0.15) is 28.7 Å². The molecule has 2 rings (SSSR count). The average Bonchev–Trinajstić information content (AvgIpc) is 2.73. The molecule has 100 valence electrons. The summed E-state index contributed by atoms with van der Waals surface area (Å²) in [6.45, 7) is 1.98. The smallest absolute Gasteiger partial charge is 0.347 e. The first kappa shape index (κ1) is 13.4. The molecule has 0 unspecified atom stereocenters. The number of aromatic carboxylic acids is 1. The number of aromatic hydroxyl groups is 1. The Labute approximate surface area is 114 Å². The largest absolute Gasteiger partial charge is 0.508 e. The Morgan fingerprint density at radius 1 is 1.47 bits per heavy atom. The summed E-state index contributed by atoms with van der Waals surface area (Å²) < 4.78 is 0. The zero-order valence-corrected chi connectivity index (χ0v) is 11.2. The van der Waals surface area contributed by atoms with Gasteiger partial charge >= 0.3 is 5.97 Å². The molecule has 6 heteroatoms. The van der Waals surface area contributed by atoms with Crippen molar-refractivity contribution < 1.29 is 15.0 Å². The summed E-state index contributed by atoms with van der Waals surface area (Å²) >= 11 is 1.10. The van der Waals surface area contributed by atoms with Crippen molar-refractivity contribution in [2.75, 3.05) is 5.32 Å². The lowest BCUT2D eigenvalue weighted by atomic mass is 10.2. The molecule has 0 bridgehead atoms. The van der Waals surface area contributed by atoms with Gasteiger partial charge in [0.15, 0.2) is 5.13 Å². The van der Waals surface area contributed by atoms with E-state index in [1.54, 1.807) is 24.3 Å². The molecule has 1 aromatic carbocycles. The lowest BCUT2D eigenvalue weighted by molar-refractivity contribution is 0.0700. The zero-order chi connectivity index (χ0) is 13.8. The number of hydrogen-bond acceptors (Lipinski definition) is 5. The van der Waals surface area contributed by atoms with Crippen LogP contribution >= 0.6 is 11.3 Å². The van der Waals surface area contributed by atoms with Crippen molar-refractivity contribution in [3.05, 3.63) is 34.8 Å². The van der Waals surface area contributed by atoms with Crippen molar-refractivity contribution >= 4 is 28.1 Å². The van der Waals surface area contributed by atoms with Crippen LogP contribution in [0, 0.1) is 0 Å². The maximum atomic E-state index is 11.1. The van der Waals surface area contributed by atoms with E-state index in [1.165, 1.54) is 0 Å². The van der Waals surface area contributed by atoms with Crippen LogP contribution in [0.15, 0.2) is 24.3 Å². The molecule has 0 fully saturated rings. The summed E-state index contributed by atoms with van der Waals surface area (Å²) in [6.07, 6.45) is 1.48. The molecule has 1 heterocycles. The maximum Gasteiger partial charge on any atom is 0.347 e. The van der Waals surface area contributed by atoms with Crippen LogP contribution in [-0.4, -0.2) is 21.2 Å². The highest BCUT2D eigenvalue weighted by Crippen LogP contribution is 2.28. The van der Waals surface area contributed by atoms with Gasteiger partial charge in [0.25, 0.3) is 0 Å². The van der Waals surface area contributed by atoms with Gasteiger partial charge in [0, 0.05) is 11.8 Å². The minimum absolute atomic E-state index is 0.147. The van der Waals surface area contributed by atoms with Crippen LogP contribution < -0.4 is 5.32 Å². The van der Waals surface area contributed by atoms with Crippen molar-refractivity contribution in [1.29, 1.82) is 0 Å². The number of carboxylic acid groups (broad SMARTS) is 1. The Hall–Kier alpha value is -2.08. The van der Waals surface area contributed by atoms with E-state index in [0.29, 0.717) is 22.9 Å². The van der Waals surface area contributed by atoms with E-state index in [1.807, 2.05) is 6.92 Å². The second-order valence-electron chi connectivity index (χ2n) is 4.03. The molecule has 1 aromatic heterocycles. The standard InChI is InChI=1S/C13H14N2O3S/c1-2-4-10-11(12(17)18)19-13(15-10)14-8-5-3-6-9(16)7-8/h3,5-7,16H,2,4H2,1H3,(H,14,15)(H,17,18). The lowest BCUT2D eigenvalue weighted by Gasteiger charge is -2.02. The number of rotatable bonds is 5. The Balaban J connectivity index is 2.25. The predicted molar refractivity (Wildman–Crippen MR) is 74.5 cm³/mol. The second-order valence-corrected chi connectivity index (χ2v) is 5.02. The summed E-state index contributed by atoms with van der Waals surface area (Å²) in [5.41, 5.74) is 1.27.